The summed E-state index contributed by atoms with van der Waals surface area (Å²) in [4.78, 5) is 0. The Balaban J connectivity index is 3.24. The Kier molecular flexibility index (Phi) is 5.81. The van der Waals surface area contributed by atoms with Crippen molar-refractivity contribution in [1.82, 2.24) is 0 Å². The highest BCUT2D eigenvalue weighted by Crippen LogP contribution is 2.54. The van der Waals surface area contributed by atoms with E-state index >= 15 is 0 Å². The van der Waals surface area contributed by atoms with Crippen LogP contribution in [0.1, 0.15) is 44.9 Å². The zero-order chi connectivity index (χ0) is 14.4. The van der Waals surface area contributed by atoms with E-state index in [1.165, 1.54) is 12.8 Å². The molecular formula is C18H29N. The minimum atomic E-state index is -0.191. The third kappa shape index (κ3) is 2.92. The van der Waals surface area contributed by atoms with Crippen molar-refractivity contribution in [3.8, 4) is 0 Å². The molecule has 0 amide bonds. The summed E-state index contributed by atoms with van der Waals surface area (Å²) in [5.74, 6) is 0.569. The molecule has 19 heavy (non-hydrogen) atoms. The normalized spacial score (nSPS) is 29.4. The highest BCUT2D eigenvalue weighted by Gasteiger charge is 2.52. The van der Waals surface area contributed by atoms with Crippen molar-refractivity contribution < 1.29 is 0 Å². The van der Waals surface area contributed by atoms with Gasteiger partial charge in [0.15, 0.2) is 0 Å². The summed E-state index contributed by atoms with van der Waals surface area (Å²) in [6, 6.07) is 0. The SMILES string of the molecule is C=CCC1CCCC(N)(CC=C)C1(CC=C)CC=C. The van der Waals surface area contributed by atoms with Crippen LogP contribution >= 0.6 is 0 Å². The minimum absolute atomic E-state index is 0.0527. The van der Waals surface area contributed by atoms with E-state index in [0.717, 1.165) is 32.1 Å². The molecular weight excluding hydrogens is 230 g/mol. The van der Waals surface area contributed by atoms with Crippen LogP contribution in [0.15, 0.2) is 50.6 Å². The summed E-state index contributed by atoms with van der Waals surface area (Å²) in [7, 11) is 0. The lowest BCUT2D eigenvalue weighted by atomic mass is 9.51. The fourth-order valence-corrected chi connectivity index (χ4v) is 4.04. The van der Waals surface area contributed by atoms with Crippen molar-refractivity contribution in [2.45, 2.75) is 50.5 Å². The van der Waals surface area contributed by atoms with E-state index in [-0.39, 0.29) is 11.0 Å². The highest BCUT2D eigenvalue weighted by atomic mass is 14.8. The molecule has 1 nitrogen and oxygen atoms in total. The average molecular weight is 259 g/mol. The van der Waals surface area contributed by atoms with Crippen molar-refractivity contribution in [3.05, 3.63) is 50.6 Å². The summed E-state index contributed by atoms with van der Waals surface area (Å²) in [5.41, 5.74) is 6.70. The topological polar surface area (TPSA) is 26.0 Å². The summed E-state index contributed by atoms with van der Waals surface area (Å²) in [5, 5.41) is 0. The van der Waals surface area contributed by atoms with Crippen LogP contribution in [0.3, 0.4) is 0 Å². The number of nitrogens with two attached hydrogens (primary N) is 1. The molecule has 1 rings (SSSR count). The van der Waals surface area contributed by atoms with Gasteiger partial charge < -0.3 is 5.73 Å². The van der Waals surface area contributed by atoms with Gasteiger partial charge in [-0.05, 0) is 49.9 Å². The Morgan fingerprint density at radius 2 is 1.53 bits per heavy atom. The van der Waals surface area contributed by atoms with Crippen LogP contribution in [0.25, 0.3) is 0 Å². The lowest BCUT2D eigenvalue weighted by Gasteiger charge is -2.56. The molecule has 1 aliphatic carbocycles. The van der Waals surface area contributed by atoms with E-state index in [4.69, 9.17) is 5.73 Å². The van der Waals surface area contributed by atoms with Crippen LogP contribution in [0.5, 0.6) is 0 Å². The van der Waals surface area contributed by atoms with Gasteiger partial charge in [0.1, 0.15) is 0 Å². The van der Waals surface area contributed by atoms with Crippen LogP contribution in [0.4, 0.5) is 0 Å². The van der Waals surface area contributed by atoms with Gasteiger partial charge in [-0.1, -0.05) is 30.7 Å². The first-order chi connectivity index (χ1) is 9.10. The quantitative estimate of drug-likeness (QED) is 0.624. The summed E-state index contributed by atoms with van der Waals surface area (Å²) in [6.45, 7) is 15.7. The Morgan fingerprint density at radius 1 is 0.947 bits per heavy atom. The smallest absolute Gasteiger partial charge is 0.0254 e. The lowest BCUT2D eigenvalue weighted by Crippen LogP contribution is -2.60. The fraction of sp³-hybridized carbons (Fsp3) is 0.556. The molecule has 106 valence electrons. The Hall–Kier alpha value is -1.08. The average Bonchev–Trinajstić information content (AvgIpc) is 2.36. The number of allylic oxidation sites excluding steroid dienone is 3. The maximum absolute atomic E-state index is 6.84. The monoisotopic (exact) mass is 259 g/mol. The van der Waals surface area contributed by atoms with Gasteiger partial charge in [-0.25, -0.2) is 0 Å². The molecule has 1 fully saturated rings. The molecule has 0 aromatic heterocycles. The van der Waals surface area contributed by atoms with E-state index in [0.29, 0.717) is 5.92 Å². The van der Waals surface area contributed by atoms with E-state index in [9.17, 15) is 0 Å². The van der Waals surface area contributed by atoms with Gasteiger partial charge in [-0.3, -0.25) is 0 Å². The summed E-state index contributed by atoms with van der Waals surface area (Å²) < 4.78 is 0. The molecule has 0 radical (unpaired) electrons. The Morgan fingerprint density at radius 3 is 2.00 bits per heavy atom. The predicted molar refractivity (Wildman–Crippen MR) is 85.9 cm³/mol. The van der Waals surface area contributed by atoms with Gasteiger partial charge >= 0.3 is 0 Å². The molecule has 0 aromatic carbocycles. The second kappa shape index (κ2) is 6.91. The second-order valence-corrected chi connectivity index (χ2v) is 5.90. The molecule has 2 N–H and O–H groups in total. The molecule has 0 spiro atoms. The number of hydrogen-bond donors (Lipinski definition) is 1. The lowest BCUT2D eigenvalue weighted by molar-refractivity contribution is 0.00391. The van der Waals surface area contributed by atoms with Gasteiger partial charge in [0.25, 0.3) is 0 Å². The molecule has 0 aromatic rings. The Bertz CT molecular complexity index is 332. The first kappa shape index (κ1) is 16.0. The van der Waals surface area contributed by atoms with Crippen LogP contribution in [0, 0.1) is 11.3 Å². The van der Waals surface area contributed by atoms with E-state index < -0.39 is 0 Å². The minimum Gasteiger partial charge on any atom is -0.324 e. The second-order valence-electron chi connectivity index (χ2n) is 5.90. The first-order valence-electron chi connectivity index (χ1n) is 7.32. The summed E-state index contributed by atoms with van der Waals surface area (Å²) in [6.07, 6.45) is 15.3. The van der Waals surface area contributed by atoms with Crippen LogP contribution in [-0.2, 0) is 0 Å². The molecule has 0 heterocycles. The van der Waals surface area contributed by atoms with Gasteiger partial charge in [-0.2, -0.15) is 0 Å². The highest BCUT2D eigenvalue weighted by molar-refractivity contribution is 5.14. The standard InChI is InChI=1S/C18H29N/c1-5-10-16-11-9-15-18(19,14-8-4)17(16,12-6-2)13-7-3/h5-8,16H,1-4,9-15,19H2. The van der Waals surface area contributed by atoms with Gasteiger partial charge in [0.2, 0.25) is 0 Å². The van der Waals surface area contributed by atoms with Crippen LogP contribution < -0.4 is 5.73 Å². The van der Waals surface area contributed by atoms with Gasteiger partial charge in [0.05, 0.1) is 0 Å². The molecule has 2 unspecified atom stereocenters. The van der Waals surface area contributed by atoms with E-state index in [2.05, 4.69) is 26.3 Å². The fourth-order valence-electron chi connectivity index (χ4n) is 4.04. The van der Waals surface area contributed by atoms with Gasteiger partial charge in [-0.15, -0.1) is 26.3 Å². The van der Waals surface area contributed by atoms with Gasteiger partial charge in [0, 0.05) is 5.54 Å². The number of hydrogen-bond acceptors (Lipinski definition) is 1. The maximum Gasteiger partial charge on any atom is 0.0254 e. The maximum atomic E-state index is 6.84. The molecule has 1 heteroatoms. The van der Waals surface area contributed by atoms with Crippen LogP contribution in [-0.4, -0.2) is 5.54 Å². The van der Waals surface area contributed by atoms with E-state index in [1.54, 1.807) is 0 Å². The zero-order valence-corrected chi connectivity index (χ0v) is 12.2. The zero-order valence-electron chi connectivity index (χ0n) is 12.2. The first-order valence-corrected chi connectivity index (χ1v) is 7.32. The third-order valence-electron chi connectivity index (χ3n) is 4.93. The molecule has 1 aliphatic rings. The Labute approximate surface area is 119 Å². The number of rotatable bonds is 8. The summed E-state index contributed by atoms with van der Waals surface area (Å²) >= 11 is 0. The predicted octanol–water partition coefficient (Wildman–Crippen LogP) is 4.77. The van der Waals surface area contributed by atoms with Crippen molar-refractivity contribution in [3.63, 3.8) is 0 Å². The molecule has 0 saturated heterocycles. The largest absolute Gasteiger partial charge is 0.324 e. The van der Waals surface area contributed by atoms with Crippen molar-refractivity contribution in [2.75, 3.05) is 0 Å². The van der Waals surface area contributed by atoms with Crippen molar-refractivity contribution in [2.24, 2.45) is 17.1 Å². The van der Waals surface area contributed by atoms with Crippen molar-refractivity contribution in [1.29, 1.82) is 0 Å². The molecule has 0 aliphatic heterocycles. The van der Waals surface area contributed by atoms with E-state index in [1.807, 2.05) is 24.3 Å². The molecule has 1 saturated carbocycles. The molecule has 0 bridgehead atoms. The third-order valence-corrected chi connectivity index (χ3v) is 4.93. The van der Waals surface area contributed by atoms with Crippen LogP contribution in [0.2, 0.25) is 0 Å². The van der Waals surface area contributed by atoms with Crippen molar-refractivity contribution >= 4 is 0 Å². The molecule has 2 atom stereocenters.